The smallest absolute Gasteiger partial charge is 0.359 e. The van der Waals surface area contributed by atoms with Crippen LogP contribution in [0, 0.1) is 6.92 Å². The van der Waals surface area contributed by atoms with Crippen molar-refractivity contribution >= 4 is 22.8 Å². The number of nitrogens with zero attached hydrogens (tertiary/aromatic N) is 3. The number of methoxy groups -OCH3 is 1. The number of fused-ring (bicyclic) bond motifs is 1. The lowest BCUT2D eigenvalue weighted by Crippen LogP contribution is -2.25. The SMILES string of the molecule is CCCn1nc(C(=O)OCc2nc3ccccc3c(C)c2C(=O)OC)ccc1=O. The zero-order chi connectivity index (χ0) is 21.0. The van der Waals surface area contributed by atoms with E-state index in [4.69, 9.17) is 9.47 Å². The second kappa shape index (κ2) is 8.64. The number of para-hydroxylation sites is 1. The van der Waals surface area contributed by atoms with Crippen molar-refractivity contribution in [2.75, 3.05) is 7.11 Å². The molecule has 1 aromatic carbocycles. The van der Waals surface area contributed by atoms with Crippen molar-refractivity contribution in [1.29, 1.82) is 0 Å². The lowest BCUT2D eigenvalue weighted by Gasteiger charge is -2.13. The van der Waals surface area contributed by atoms with Crippen LogP contribution in [0.4, 0.5) is 0 Å². The molecule has 0 aliphatic heterocycles. The van der Waals surface area contributed by atoms with E-state index in [1.165, 1.54) is 23.9 Å². The second-order valence-electron chi connectivity index (χ2n) is 6.42. The van der Waals surface area contributed by atoms with Gasteiger partial charge in [0.15, 0.2) is 5.69 Å². The Labute approximate surface area is 167 Å². The highest BCUT2D eigenvalue weighted by molar-refractivity contribution is 5.98. The van der Waals surface area contributed by atoms with Crippen LogP contribution >= 0.6 is 0 Å². The Kier molecular flexibility index (Phi) is 6.01. The molecule has 0 saturated heterocycles. The molecule has 3 rings (SSSR count). The Bertz CT molecular complexity index is 1140. The summed E-state index contributed by atoms with van der Waals surface area (Å²) in [6.45, 7) is 3.87. The number of pyridine rings is 1. The van der Waals surface area contributed by atoms with Crippen LogP contribution in [0.3, 0.4) is 0 Å². The summed E-state index contributed by atoms with van der Waals surface area (Å²) in [5.41, 5.74) is 1.66. The lowest BCUT2D eigenvalue weighted by atomic mass is 10.0. The normalized spacial score (nSPS) is 10.7. The fourth-order valence-electron chi connectivity index (χ4n) is 3.06. The molecule has 3 aromatic rings. The number of ether oxygens (including phenoxy) is 2. The molecule has 0 amide bonds. The summed E-state index contributed by atoms with van der Waals surface area (Å²) < 4.78 is 11.4. The Hall–Kier alpha value is -3.55. The number of aryl methyl sites for hydroxylation is 2. The van der Waals surface area contributed by atoms with E-state index >= 15 is 0 Å². The van der Waals surface area contributed by atoms with Crippen LogP contribution in [0.15, 0.2) is 41.2 Å². The van der Waals surface area contributed by atoms with Gasteiger partial charge in [0.1, 0.15) is 6.61 Å². The first-order valence-electron chi connectivity index (χ1n) is 9.18. The lowest BCUT2D eigenvalue weighted by molar-refractivity contribution is 0.0446. The van der Waals surface area contributed by atoms with Crippen LogP contribution < -0.4 is 5.56 Å². The molecule has 0 radical (unpaired) electrons. The molecule has 8 nitrogen and oxygen atoms in total. The zero-order valence-electron chi connectivity index (χ0n) is 16.5. The molecular formula is C21H21N3O5. The van der Waals surface area contributed by atoms with Gasteiger partial charge >= 0.3 is 11.9 Å². The Morgan fingerprint density at radius 3 is 2.59 bits per heavy atom. The first kappa shape index (κ1) is 20.2. The number of carbonyl (C=O) groups excluding carboxylic acids is 2. The molecule has 150 valence electrons. The predicted octanol–water partition coefficient (Wildman–Crippen LogP) is 2.65. The molecule has 0 atom stereocenters. The summed E-state index contributed by atoms with van der Waals surface area (Å²) in [6, 6.07) is 9.96. The molecule has 0 unspecified atom stereocenters. The van der Waals surface area contributed by atoms with Gasteiger partial charge in [0, 0.05) is 18.0 Å². The number of aromatic nitrogens is 3. The predicted molar refractivity (Wildman–Crippen MR) is 106 cm³/mol. The van der Waals surface area contributed by atoms with Crippen molar-refractivity contribution in [2.24, 2.45) is 0 Å². The van der Waals surface area contributed by atoms with Gasteiger partial charge in [-0.15, -0.1) is 0 Å². The summed E-state index contributed by atoms with van der Waals surface area (Å²) in [7, 11) is 1.29. The van der Waals surface area contributed by atoms with Crippen LogP contribution in [-0.2, 0) is 22.6 Å². The molecule has 0 spiro atoms. The maximum absolute atomic E-state index is 12.4. The van der Waals surface area contributed by atoms with Gasteiger partial charge in [-0.25, -0.2) is 19.3 Å². The summed E-state index contributed by atoms with van der Waals surface area (Å²) >= 11 is 0. The van der Waals surface area contributed by atoms with Crippen LogP contribution in [0.1, 0.15) is 45.4 Å². The number of benzene rings is 1. The molecule has 0 N–H and O–H groups in total. The molecule has 0 bridgehead atoms. The quantitative estimate of drug-likeness (QED) is 0.592. The molecule has 2 aromatic heterocycles. The van der Waals surface area contributed by atoms with E-state index in [0.29, 0.717) is 29.7 Å². The van der Waals surface area contributed by atoms with E-state index in [1.54, 1.807) is 6.92 Å². The Morgan fingerprint density at radius 2 is 1.86 bits per heavy atom. The minimum Gasteiger partial charge on any atom is -0.465 e. The van der Waals surface area contributed by atoms with E-state index in [2.05, 4.69) is 10.1 Å². The third-order valence-electron chi connectivity index (χ3n) is 4.47. The average Bonchev–Trinajstić information content (AvgIpc) is 2.73. The molecular weight excluding hydrogens is 374 g/mol. The summed E-state index contributed by atoms with van der Waals surface area (Å²) in [5.74, 6) is -1.26. The monoisotopic (exact) mass is 395 g/mol. The van der Waals surface area contributed by atoms with Gasteiger partial charge in [0.05, 0.1) is 23.9 Å². The molecule has 0 fully saturated rings. The van der Waals surface area contributed by atoms with E-state index in [1.807, 2.05) is 31.2 Å². The van der Waals surface area contributed by atoms with Gasteiger partial charge in [0.25, 0.3) is 5.56 Å². The van der Waals surface area contributed by atoms with Crippen LogP contribution in [0.25, 0.3) is 10.9 Å². The number of esters is 2. The van der Waals surface area contributed by atoms with E-state index < -0.39 is 11.9 Å². The summed E-state index contributed by atoms with van der Waals surface area (Å²) in [6.07, 6.45) is 0.703. The number of rotatable bonds is 6. The van der Waals surface area contributed by atoms with Gasteiger partial charge in [-0.1, -0.05) is 25.1 Å². The number of hydrogen-bond acceptors (Lipinski definition) is 7. The standard InChI is InChI=1S/C21H21N3O5/c1-4-11-24-18(25)10-9-16(23-24)20(26)29-12-17-19(21(27)28-3)13(2)14-7-5-6-8-15(14)22-17/h5-10H,4,11-12H2,1-3H3. The van der Waals surface area contributed by atoms with Crippen molar-refractivity contribution in [3.05, 3.63) is 69.3 Å². The van der Waals surface area contributed by atoms with E-state index in [-0.39, 0.29) is 23.4 Å². The minimum atomic E-state index is -0.710. The topological polar surface area (TPSA) is 100 Å². The third-order valence-corrected chi connectivity index (χ3v) is 4.47. The van der Waals surface area contributed by atoms with E-state index in [0.717, 1.165) is 5.39 Å². The second-order valence-corrected chi connectivity index (χ2v) is 6.42. The van der Waals surface area contributed by atoms with Gasteiger partial charge in [0.2, 0.25) is 0 Å². The Morgan fingerprint density at radius 1 is 1.10 bits per heavy atom. The van der Waals surface area contributed by atoms with Crippen LogP contribution in [-0.4, -0.2) is 33.8 Å². The number of hydrogen-bond donors (Lipinski definition) is 0. The largest absolute Gasteiger partial charge is 0.465 e. The first-order chi connectivity index (χ1) is 14.0. The molecule has 2 heterocycles. The van der Waals surface area contributed by atoms with Crippen molar-refractivity contribution in [3.8, 4) is 0 Å². The molecule has 8 heteroatoms. The van der Waals surface area contributed by atoms with Gasteiger partial charge in [-0.2, -0.15) is 5.10 Å². The van der Waals surface area contributed by atoms with Crippen LogP contribution in [0.5, 0.6) is 0 Å². The van der Waals surface area contributed by atoms with Crippen molar-refractivity contribution in [2.45, 2.75) is 33.4 Å². The summed E-state index contributed by atoms with van der Waals surface area (Å²) in [5, 5.41) is 4.85. The maximum atomic E-state index is 12.4. The fraction of sp³-hybridized carbons (Fsp3) is 0.286. The van der Waals surface area contributed by atoms with Gasteiger partial charge < -0.3 is 9.47 Å². The van der Waals surface area contributed by atoms with Crippen LogP contribution in [0.2, 0.25) is 0 Å². The van der Waals surface area contributed by atoms with Gasteiger partial charge in [-0.3, -0.25) is 4.79 Å². The molecule has 0 saturated carbocycles. The highest BCUT2D eigenvalue weighted by atomic mass is 16.5. The molecule has 29 heavy (non-hydrogen) atoms. The van der Waals surface area contributed by atoms with Crippen molar-refractivity contribution in [3.63, 3.8) is 0 Å². The first-order valence-corrected chi connectivity index (χ1v) is 9.18. The average molecular weight is 395 g/mol. The molecule has 0 aliphatic rings. The third kappa shape index (κ3) is 4.16. The zero-order valence-corrected chi connectivity index (χ0v) is 16.5. The highest BCUT2D eigenvalue weighted by Crippen LogP contribution is 2.24. The highest BCUT2D eigenvalue weighted by Gasteiger charge is 2.21. The molecule has 0 aliphatic carbocycles. The van der Waals surface area contributed by atoms with E-state index in [9.17, 15) is 14.4 Å². The minimum absolute atomic E-state index is 0.00943. The van der Waals surface area contributed by atoms with Gasteiger partial charge in [-0.05, 0) is 31.0 Å². The van der Waals surface area contributed by atoms with Crippen molar-refractivity contribution < 1.29 is 19.1 Å². The van der Waals surface area contributed by atoms with Crippen molar-refractivity contribution in [1.82, 2.24) is 14.8 Å². The summed E-state index contributed by atoms with van der Waals surface area (Å²) in [4.78, 5) is 41.0. The number of carbonyl (C=O) groups is 2. The maximum Gasteiger partial charge on any atom is 0.359 e. The Balaban J connectivity index is 1.92. The fourth-order valence-corrected chi connectivity index (χ4v) is 3.06.